The van der Waals surface area contributed by atoms with E-state index in [4.69, 9.17) is 4.74 Å². The minimum absolute atomic E-state index is 0.626. The predicted molar refractivity (Wildman–Crippen MR) is 74.0 cm³/mol. The van der Waals surface area contributed by atoms with Crippen molar-refractivity contribution in [2.45, 2.75) is 20.4 Å². The van der Waals surface area contributed by atoms with E-state index in [1.165, 1.54) is 22.4 Å². The number of hydrogen-bond donors (Lipinski definition) is 0. The van der Waals surface area contributed by atoms with Gasteiger partial charge in [0.25, 0.3) is 0 Å². The van der Waals surface area contributed by atoms with Gasteiger partial charge in [0.05, 0.1) is 0 Å². The zero-order valence-corrected chi connectivity index (χ0v) is 10.8. The molecule has 2 heteroatoms. The van der Waals surface area contributed by atoms with Crippen LogP contribution in [-0.4, -0.2) is 6.73 Å². The standard InChI is InChI=1S/C16H17NO/c1-12-6-8-15(9-7-12)17-10-14-5-3-4-13(2)16(14)18-11-17/h3-9H,10-11H2,1-2H3. The third kappa shape index (κ3) is 1.94. The minimum Gasteiger partial charge on any atom is -0.472 e. The lowest BCUT2D eigenvalue weighted by molar-refractivity contribution is 0.287. The lowest BCUT2D eigenvalue weighted by Crippen LogP contribution is -2.32. The van der Waals surface area contributed by atoms with E-state index in [-0.39, 0.29) is 0 Å². The number of hydrogen-bond acceptors (Lipinski definition) is 2. The average Bonchev–Trinajstić information content (AvgIpc) is 2.39. The van der Waals surface area contributed by atoms with Crippen LogP contribution in [-0.2, 0) is 6.54 Å². The van der Waals surface area contributed by atoms with E-state index < -0.39 is 0 Å². The fraction of sp³-hybridized carbons (Fsp3) is 0.250. The molecule has 0 N–H and O–H groups in total. The van der Waals surface area contributed by atoms with Crippen molar-refractivity contribution in [3.63, 3.8) is 0 Å². The summed E-state index contributed by atoms with van der Waals surface area (Å²) in [7, 11) is 0. The summed E-state index contributed by atoms with van der Waals surface area (Å²) in [6.45, 7) is 5.75. The van der Waals surface area contributed by atoms with E-state index in [9.17, 15) is 0 Å². The van der Waals surface area contributed by atoms with Crippen molar-refractivity contribution in [2.24, 2.45) is 0 Å². The third-order valence-electron chi connectivity index (χ3n) is 3.42. The van der Waals surface area contributed by atoms with Crippen LogP contribution in [0, 0.1) is 13.8 Å². The molecule has 3 rings (SSSR count). The second kappa shape index (κ2) is 4.37. The number of aryl methyl sites for hydroxylation is 2. The summed E-state index contributed by atoms with van der Waals surface area (Å²) in [5.41, 5.74) is 4.98. The van der Waals surface area contributed by atoms with Gasteiger partial charge in [0.1, 0.15) is 5.75 Å². The van der Waals surface area contributed by atoms with Crippen LogP contribution in [0.15, 0.2) is 42.5 Å². The van der Waals surface area contributed by atoms with E-state index in [1.54, 1.807) is 0 Å². The molecule has 0 spiro atoms. The molecule has 0 saturated carbocycles. The van der Waals surface area contributed by atoms with E-state index in [0.29, 0.717) is 6.73 Å². The van der Waals surface area contributed by atoms with Crippen molar-refractivity contribution in [3.05, 3.63) is 59.2 Å². The Kier molecular flexibility index (Phi) is 2.71. The van der Waals surface area contributed by atoms with E-state index in [1.807, 2.05) is 0 Å². The maximum Gasteiger partial charge on any atom is 0.161 e. The monoisotopic (exact) mass is 239 g/mol. The Bertz CT molecular complexity index is 560. The van der Waals surface area contributed by atoms with Crippen LogP contribution < -0.4 is 9.64 Å². The molecule has 2 aromatic rings. The summed E-state index contributed by atoms with van der Waals surface area (Å²) >= 11 is 0. The van der Waals surface area contributed by atoms with Gasteiger partial charge in [-0.05, 0) is 31.5 Å². The number of ether oxygens (including phenoxy) is 1. The van der Waals surface area contributed by atoms with Crippen molar-refractivity contribution in [1.29, 1.82) is 0 Å². The van der Waals surface area contributed by atoms with Crippen LogP contribution in [0.3, 0.4) is 0 Å². The molecule has 0 atom stereocenters. The molecule has 0 fully saturated rings. The van der Waals surface area contributed by atoms with Crippen molar-refractivity contribution in [1.82, 2.24) is 0 Å². The molecule has 1 heterocycles. The number of nitrogens with zero attached hydrogens (tertiary/aromatic N) is 1. The molecular formula is C16H17NO. The molecular weight excluding hydrogens is 222 g/mol. The normalized spacial score (nSPS) is 14.0. The summed E-state index contributed by atoms with van der Waals surface area (Å²) in [5, 5.41) is 0. The van der Waals surface area contributed by atoms with Gasteiger partial charge in [-0.15, -0.1) is 0 Å². The highest BCUT2D eigenvalue weighted by molar-refractivity contribution is 5.52. The van der Waals surface area contributed by atoms with Gasteiger partial charge in [-0.2, -0.15) is 0 Å². The van der Waals surface area contributed by atoms with Gasteiger partial charge in [0.15, 0.2) is 6.73 Å². The molecule has 0 radical (unpaired) electrons. The van der Waals surface area contributed by atoms with Gasteiger partial charge in [0.2, 0.25) is 0 Å². The molecule has 0 aromatic heterocycles. The minimum atomic E-state index is 0.626. The van der Waals surface area contributed by atoms with Crippen LogP contribution in [0.1, 0.15) is 16.7 Å². The van der Waals surface area contributed by atoms with Gasteiger partial charge < -0.3 is 9.64 Å². The summed E-state index contributed by atoms with van der Waals surface area (Å²) in [6.07, 6.45) is 0. The Morgan fingerprint density at radius 3 is 2.56 bits per heavy atom. The Hall–Kier alpha value is -1.96. The first-order valence-corrected chi connectivity index (χ1v) is 6.27. The molecule has 0 bridgehead atoms. The number of para-hydroxylation sites is 1. The highest BCUT2D eigenvalue weighted by Gasteiger charge is 2.18. The maximum atomic E-state index is 5.88. The zero-order valence-electron chi connectivity index (χ0n) is 10.8. The van der Waals surface area contributed by atoms with E-state index in [0.717, 1.165) is 12.3 Å². The summed E-state index contributed by atoms with van der Waals surface area (Å²) in [4.78, 5) is 2.25. The summed E-state index contributed by atoms with van der Waals surface area (Å²) in [6, 6.07) is 14.9. The average molecular weight is 239 g/mol. The highest BCUT2D eigenvalue weighted by Crippen LogP contribution is 2.30. The number of rotatable bonds is 1. The number of fused-ring (bicyclic) bond motifs is 1. The van der Waals surface area contributed by atoms with Crippen LogP contribution >= 0.6 is 0 Å². The van der Waals surface area contributed by atoms with Crippen LogP contribution in [0.2, 0.25) is 0 Å². The second-order valence-electron chi connectivity index (χ2n) is 4.87. The van der Waals surface area contributed by atoms with Gasteiger partial charge in [0, 0.05) is 17.8 Å². The fourth-order valence-electron chi connectivity index (χ4n) is 2.36. The lowest BCUT2D eigenvalue weighted by atomic mass is 10.1. The Morgan fingerprint density at radius 1 is 1.00 bits per heavy atom. The molecule has 1 aliphatic rings. The first kappa shape index (κ1) is 11.1. The number of benzene rings is 2. The molecule has 1 aliphatic heterocycles. The Morgan fingerprint density at radius 2 is 1.78 bits per heavy atom. The summed E-state index contributed by atoms with van der Waals surface area (Å²) in [5.74, 6) is 1.06. The van der Waals surface area contributed by atoms with Gasteiger partial charge in [-0.25, -0.2) is 0 Å². The molecule has 2 nitrogen and oxygen atoms in total. The molecule has 0 amide bonds. The SMILES string of the molecule is Cc1ccc(N2COc3c(C)cccc3C2)cc1. The van der Waals surface area contributed by atoms with Crippen molar-refractivity contribution in [3.8, 4) is 5.75 Å². The zero-order chi connectivity index (χ0) is 12.5. The topological polar surface area (TPSA) is 12.5 Å². The molecule has 0 unspecified atom stereocenters. The summed E-state index contributed by atoms with van der Waals surface area (Å²) < 4.78 is 5.88. The first-order valence-electron chi connectivity index (χ1n) is 6.27. The molecule has 18 heavy (non-hydrogen) atoms. The molecule has 2 aromatic carbocycles. The van der Waals surface area contributed by atoms with Gasteiger partial charge in [-0.3, -0.25) is 0 Å². The largest absolute Gasteiger partial charge is 0.472 e. The predicted octanol–water partition coefficient (Wildman–Crippen LogP) is 3.66. The Labute approximate surface area is 108 Å². The van der Waals surface area contributed by atoms with Gasteiger partial charge >= 0.3 is 0 Å². The Balaban J connectivity index is 1.89. The first-order chi connectivity index (χ1) is 8.74. The highest BCUT2D eigenvalue weighted by atomic mass is 16.5. The van der Waals surface area contributed by atoms with Crippen LogP contribution in [0.4, 0.5) is 5.69 Å². The second-order valence-corrected chi connectivity index (χ2v) is 4.87. The van der Waals surface area contributed by atoms with Crippen LogP contribution in [0.5, 0.6) is 5.75 Å². The van der Waals surface area contributed by atoms with Crippen LogP contribution in [0.25, 0.3) is 0 Å². The van der Waals surface area contributed by atoms with Gasteiger partial charge in [-0.1, -0.05) is 35.9 Å². The van der Waals surface area contributed by atoms with E-state index >= 15 is 0 Å². The third-order valence-corrected chi connectivity index (χ3v) is 3.42. The molecule has 0 aliphatic carbocycles. The smallest absolute Gasteiger partial charge is 0.161 e. The maximum absolute atomic E-state index is 5.88. The van der Waals surface area contributed by atoms with E-state index in [2.05, 4.69) is 61.2 Å². The van der Waals surface area contributed by atoms with Crippen molar-refractivity contribution >= 4 is 5.69 Å². The van der Waals surface area contributed by atoms with Crippen molar-refractivity contribution in [2.75, 3.05) is 11.6 Å². The fourth-order valence-corrected chi connectivity index (χ4v) is 2.36. The number of anilines is 1. The quantitative estimate of drug-likeness (QED) is 0.753. The molecule has 0 saturated heterocycles. The van der Waals surface area contributed by atoms with Crippen molar-refractivity contribution < 1.29 is 4.74 Å². The molecule has 92 valence electrons. The lowest BCUT2D eigenvalue weighted by Gasteiger charge is -2.31.